The molecule has 0 saturated carbocycles. The van der Waals surface area contributed by atoms with Crippen molar-refractivity contribution in [1.82, 2.24) is 20.2 Å². The molecular weight excluding hydrogens is 276 g/mol. The zero-order valence-corrected chi connectivity index (χ0v) is 11.7. The molecule has 6 heteroatoms. The van der Waals surface area contributed by atoms with Crippen molar-refractivity contribution in [3.05, 3.63) is 47.8 Å². The van der Waals surface area contributed by atoms with E-state index in [2.05, 4.69) is 21.5 Å². The normalized spacial score (nSPS) is 10.9. The van der Waals surface area contributed by atoms with Crippen LogP contribution in [0.15, 0.2) is 36.4 Å². The summed E-state index contributed by atoms with van der Waals surface area (Å²) < 4.78 is 5.77. The number of nitrogens with zero attached hydrogens (tertiary/aromatic N) is 4. The molecule has 0 amide bonds. The first-order valence-corrected chi connectivity index (χ1v) is 6.73. The standard InChI is InChI=1S/C14H13ClN4O/c1-19-17-14(16-18-19)9-20-13-7-6-10-4-2-3-5-11(10)12(13)8-15/h2-7H,8-9H2,1H3. The summed E-state index contributed by atoms with van der Waals surface area (Å²) in [6.07, 6.45) is 0. The number of benzene rings is 2. The molecule has 0 unspecified atom stereocenters. The fourth-order valence-corrected chi connectivity index (χ4v) is 2.39. The average molecular weight is 289 g/mol. The van der Waals surface area contributed by atoms with Gasteiger partial charge in [-0.15, -0.1) is 21.8 Å². The molecule has 0 aliphatic heterocycles. The van der Waals surface area contributed by atoms with Crippen molar-refractivity contribution in [1.29, 1.82) is 0 Å². The van der Waals surface area contributed by atoms with Gasteiger partial charge < -0.3 is 4.74 Å². The highest BCUT2D eigenvalue weighted by atomic mass is 35.5. The lowest BCUT2D eigenvalue weighted by molar-refractivity contribution is 0.293. The van der Waals surface area contributed by atoms with Crippen molar-refractivity contribution in [3.63, 3.8) is 0 Å². The second-order valence-electron chi connectivity index (χ2n) is 4.38. The lowest BCUT2D eigenvalue weighted by Crippen LogP contribution is -2.01. The van der Waals surface area contributed by atoms with E-state index in [4.69, 9.17) is 16.3 Å². The number of hydrogen-bond donors (Lipinski definition) is 0. The van der Waals surface area contributed by atoms with Crippen LogP contribution in [0, 0.1) is 0 Å². The molecule has 0 aliphatic carbocycles. The molecule has 3 rings (SSSR count). The van der Waals surface area contributed by atoms with Crippen LogP contribution < -0.4 is 4.74 Å². The van der Waals surface area contributed by atoms with E-state index >= 15 is 0 Å². The molecule has 20 heavy (non-hydrogen) atoms. The second-order valence-corrected chi connectivity index (χ2v) is 4.65. The summed E-state index contributed by atoms with van der Waals surface area (Å²) in [5.41, 5.74) is 0.980. The third kappa shape index (κ3) is 2.44. The summed E-state index contributed by atoms with van der Waals surface area (Å²) in [6, 6.07) is 12.0. The lowest BCUT2D eigenvalue weighted by Gasteiger charge is -2.11. The number of ether oxygens (including phenoxy) is 1. The zero-order valence-electron chi connectivity index (χ0n) is 11.0. The van der Waals surface area contributed by atoms with Crippen LogP contribution in [0.25, 0.3) is 10.8 Å². The fraction of sp³-hybridized carbons (Fsp3) is 0.214. The summed E-state index contributed by atoms with van der Waals surface area (Å²) in [4.78, 5) is 1.40. The minimum Gasteiger partial charge on any atom is -0.485 e. The van der Waals surface area contributed by atoms with E-state index < -0.39 is 0 Å². The minimum absolute atomic E-state index is 0.274. The van der Waals surface area contributed by atoms with Gasteiger partial charge in [-0.1, -0.05) is 30.3 Å². The number of fused-ring (bicyclic) bond motifs is 1. The molecule has 3 aromatic rings. The SMILES string of the molecule is Cn1nnc(COc2ccc3ccccc3c2CCl)n1. The number of hydrogen-bond acceptors (Lipinski definition) is 4. The van der Waals surface area contributed by atoms with Gasteiger partial charge in [-0.2, -0.15) is 4.80 Å². The van der Waals surface area contributed by atoms with Crippen LogP contribution in [0.5, 0.6) is 5.75 Å². The molecule has 2 aromatic carbocycles. The highest BCUT2D eigenvalue weighted by Crippen LogP contribution is 2.29. The Balaban J connectivity index is 1.91. The van der Waals surface area contributed by atoms with Gasteiger partial charge in [0.15, 0.2) is 6.61 Å². The lowest BCUT2D eigenvalue weighted by atomic mass is 10.0. The van der Waals surface area contributed by atoms with Crippen molar-refractivity contribution in [2.75, 3.05) is 0 Å². The van der Waals surface area contributed by atoms with E-state index in [-0.39, 0.29) is 6.61 Å². The molecule has 1 heterocycles. The molecular formula is C14H13ClN4O. The highest BCUT2D eigenvalue weighted by Gasteiger charge is 2.09. The molecule has 0 radical (unpaired) electrons. The van der Waals surface area contributed by atoms with Crippen molar-refractivity contribution >= 4 is 22.4 Å². The number of aromatic nitrogens is 4. The molecule has 0 spiro atoms. The minimum atomic E-state index is 0.274. The summed E-state index contributed by atoms with van der Waals surface area (Å²) in [6.45, 7) is 0.274. The van der Waals surface area contributed by atoms with Gasteiger partial charge in [0, 0.05) is 5.56 Å². The Hall–Kier alpha value is -2.14. The van der Waals surface area contributed by atoms with Crippen molar-refractivity contribution < 1.29 is 4.74 Å². The van der Waals surface area contributed by atoms with Gasteiger partial charge in [0.1, 0.15) is 5.75 Å². The van der Waals surface area contributed by atoms with Crippen LogP contribution in [0.1, 0.15) is 11.4 Å². The van der Waals surface area contributed by atoms with E-state index in [9.17, 15) is 0 Å². The van der Waals surface area contributed by atoms with E-state index in [1.807, 2.05) is 30.3 Å². The molecule has 0 N–H and O–H groups in total. The Morgan fingerprint density at radius 2 is 2.05 bits per heavy atom. The maximum absolute atomic E-state index is 6.07. The van der Waals surface area contributed by atoms with Crippen molar-refractivity contribution in [3.8, 4) is 5.75 Å². The number of rotatable bonds is 4. The van der Waals surface area contributed by atoms with E-state index in [1.54, 1.807) is 7.05 Å². The molecule has 1 aromatic heterocycles. The maximum Gasteiger partial charge on any atom is 0.212 e. The largest absolute Gasteiger partial charge is 0.485 e. The van der Waals surface area contributed by atoms with Crippen LogP contribution in [0.2, 0.25) is 0 Å². The molecule has 0 bridgehead atoms. The van der Waals surface area contributed by atoms with Crippen LogP contribution >= 0.6 is 11.6 Å². The van der Waals surface area contributed by atoms with Crippen molar-refractivity contribution in [2.45, 2.75) is 12.5 Å². The van der Waals surface area contributed by atoms with Gasteiger partial charge in [-0.3, -0.25) is 0 Å². The summed E-state index contributed by atoms with van der Waals surface area (Å²) in [7, 11) is 1.72. The topological polar surface area (TPSA) is 52.8 Å². The number of aryl methyl sites for hydroxylation is 1. The van der Waals surface area contributed by atoms with Crippen molar-refractivity contribution in [2.24, 2.45) is 7.05 Å². The molecule has 0 aliphatic rings. The molecule has 0 fully saturated rings. The van der Waals surface area contributed by atoms with Crippen LogP contribution in [-0.4, -0.2) is 20.2 Å². The Kier molecular flexibility index (Phi) is 3.52. The van der Waals surface area contributed by atoms with Gasteiger partial charge in [0.05, 0.1) is 12.9 Å². The van der Waals surface area contributed by atoms with Gasteiger partial charge in [-0.05, 0) is 22.1 Å². The van der Waals surface area contributed by atoms with E-state index in [0.717, 1.165) is 22.1 Å². The van der Waals surface area contributed by atoms with E-state index in [1.165, 1.54) is 4.80 Å². The molecule has 0 atom stereocenters. The monoisotopic (exact) mass is 288 g/mol. The van der Waals surface area contributed by atoms with Gasteiger partial charge >= 0.3 is 0 Å². The van der Waals surface area contributed by atoms with Crippen LogP contribution in [0.3, 0.4) is 0 Å². The molecule has 102 valence electrons. The number of halogens is 1. The molecule has 0 saturated heterocycles. The van der Waals surface area contributed by atoms with Crippen LogP contribution in [0.4, 0.5) is 0 Å². The fourth-order valence-electron chi connectivity index (χ4n) is 2.11. The quantitative estimate of drug-likeness (QED) is 0.693. The number of tetrazole rings is 1. The van der Waals surface area contributed by atoms with Gasteiger partial charge in [-0.25, -0.2) is 0 Å². The summed E-state index contributed by atoms with van der Waals surface area (Å²) >= 11 is 6.07. The Morgan fingerprint density at radius 1 is 1.20 bits per heavy atom. The zero-order chi connectivity index (χ0) is 13.9. The highest BCUT2D eigenvalue weighted by molar-refractivity contribution is 6.18. The third-order valence-electron chi connectivity index (χ3n) is 3.04. The summed E-state index contributed by atoms with van der Waals surface area (Å²) in [5.74, 6) is 1.69. The average Bonchev–Trinajstić information content (AvgIpc) is 2.90. The Labute approximate surface area is 121 Å². The predicted octanol–water partition coefficient (Wildman–Crippen LogP) is 2.68. The predicted molar refractivity (Wildman–Crippen MR) is 76.6 cm³/mol. The first-order chi connectivity index (χ1) is 9.78. The van der Waals surface area contributed by atoms with Crippen LogP contribution in [-0.2, 0) is 19.5 Å². The van der Waals surface area contributed by atoms with Gasteiger partial charge in [0.25, 0.3) is 0 Å². The van der Waals surface area contributed by atoms with Gasteiger partial charge in [0.2, 0.25) is 5.82 Å². The third-order valence-corrected chi connectivity index (χ3v) is 3.31. The first-order valence-electron chi connectivity index (χ1n) is 6.20. The summed E-state index contributed by atoms with van der Waals surface area (Å²) in [5, 5.41) is 14.0. The first kappa shape index (κ1) is 12.9. The maximum atomic E-state index is 6.07. The second kappa shape index (κ2) is 5.46. The number of alkyl halides is 1. The molecule has 5 nitrogen and oxygen atoms in total. The van der Waals surface area contributed by atoms with E-state index in [0.29, 0.717) is 11.7 Å². The Bertz CT molecular complexity index is 741. The Morgan fingerprint density at radius 3 is 2.80 bits per heavy atom. The smallest absolute Gasteiger partial charge is 0.212 e.